The molecule has 37 heavy (non-hydrogen) atoms. The number of nitrogens with one attached hydrogen (secondary N) is 1. The number of hydrogen-bond donors (Lipinski definition) is 1. The summed E-state index contributed by atoms with van der Waals surface area (Å²) in [5.74, 6) is 0.0737. The van der Waals surface area contributed by atoms with Crippen LogP contribution >= 0.6 is 0 Å². The molecule has 0 saturated carbocycles. The van der Waals surface area contributed by atoms with Gasteiger partial charge in [0.1, 0.15) is 17.5 Å². The second kappa shape index (κ2) is 11.3. The smallest absolute Gasteiger partial charge is 0.257 e. The summed E-state index contributed by atoms with van der Waals surface area (Å²) in [6.07, 6.45) is 0.837. The van der Waals surface area contributed by atoms with E-state index in [4.69, 9.17) is 9.47 Å². The van der Waals surface area contributed by atoms with Gasteiger partial charge in [0.25, 0.3) is 11.8 Å². The molecular formula is C28H36N4O5. The normalized spacial score (nSPS) is 18.8. The Balaban J connectivity index is 1.55. The summed E-state index contributed by atoms with van der Waals surface area (Å²) in [7, 11) is 5.45. The zero-order chi connectivity index (χ0) is 26.6. The highest BCUT2D eigenvalue weighted by molar-refractivity contribution is 5.99. The number of likely N-dealkylation sites (N-methyl/N-ethyl adjacent to an activating group) is 1. The fourth-order valence-electron chi connectivity index (χ4n) is 5.03. The standard InChI is InChI=1S/C28H36N4O5/c1-20-8-5-6-11-23(20)27(35)32-24(25(33)29-14-17-30(2)3)19-37-28(32)12-15-31(16-13-28)26(34)21-9-7-10-22(18-21)36-4/h5-11,18,24H,12-17,19H2,1-4H3,(H,29,33)/t24-/m1/s1. The molecule has 0 unspecified atom stereocenters. The molecule has 3 amide bonds. The van der Waals surface area contributed by atoms with Gasteiger partial charge in [0.05, 0.1) is 13.7 Å². The number of aryl methyl sites for hydroxylation is 1. The third-order valence-electron chi connectivity index (χ3n) is 7.16. The highest BCUT2D eigenvalue weighted by Gasteiger charge is 2.54. The van der Waals surface area contributed by atoms with Crippen molar-refractivity contribution in [3.8, 4) is 5.75 Å². The number of carbonyl (C=O) groups is 3. The summed E-state index contributed by atoms with van der Waals surface area (Å²) in [5.41, 5.74) is 0.989. The zero-order valence-electron chi connectivity index (χ0n) is 22.0. The van der Waals surface area contributed by atoms with Gasteiger partial charge in [-0.25, -0.2) is 0 Å². The van der Waals surface area contributed by atoms with Crippen molar-refractivity contribution in [1.29, 1.82) is 0 Å². The van der Waals surface area contributed by atoms with E-state index < -0.39 is 11.8 Å². The fraction of sp³-hybridized carbons (Fsp3) is 0.464. The van der Waals surface area contributed by atoms with Crippen molar-refractivity contribution in [3.63, 3.8) is 0 Å². The second-order valence-corrected chi connectivity index (χ2v) is 9.88. The van der Waals surface area contributed by atoms with Crippen LogP contribution in [0.25, 0.3) is 0 Å². The van der Waals surface area contributed by atoms with Gasteiger partial charge in [0.2, 0.25) is 5.91 Å². The first kappa shape index (κ1) is 26.6. The summed E-state index contributed by atoms with van der Waals surface area (Å²) in [5, 5.41) is 2.96. The van der Waals surface area contributed by atoms with Crippen molar-refractivity contribution < 1.29 is 23.9 Å². The molecule has 9 heteroatoms. The highest BCUT2D eigenvalue weighted by atomic mass is 16.5. The molecule has 0 bridgehead atoms. The predicted molar refractivity (Wildman–Crippen MR) is 140 cm³/mol. The molecule has 2 saturated heterocycles. The Morgan fingerprint density at radius 2 is 1.81 bits per heavy atom. The Labute approximate surface area is 218 Å². The van der Waals surface area contributed by atoms with Gasteiger partial charge in [-0.15, -0.1) is 0 Å². The molecular weight excluding hydrogens is 472 g/mol. The van der Waals surface area contributed by atoms with Crippen LogP contribution in [0, 0.1) is 6.92 Å². The topological polar surface area (TPSA) is 91.4 Å². The molecule has 2 fully saturated rings. The van der Waals surface area contributed by atoms with Gasteiger partial charge in [-0.05, 0) is 50.8 Å². The third-order valence-corrected chi connectivity index (χ3v) is 7.16. The number of methoxy groups -OCH3 is 1. The maximum atomic E-state index is 13.9. The quantitative estimate of drug-likeness (QED) is 0.617. The van der Waals surface area contributed by atoms with Crippen LogP contribution in [0.4, 0.5) is 0 Å². The van der Waals surface area contributed by atoms with Gasteiger partial charge in [-0.3, -0.25) is 19.3 Å². The second-order valence-electron chi connectivity index (χ2n) is 9.88. The highest BCUT2D eigenvalue weighted by Crippen LogP contribution is 2.39. The molecule has 9 nitrogen and oxygen atoms in total. The minimum Gasteiger partial charge on any atom is -0.497 e. The zero-order valence-corrected chi connectivity index (χ0v) is 22.0. The van der Waals surface area contributed by atoms with Crippen LogP contribution in [0.15, 0.2) is 48.5 Å². The van der Waals surface area contributed by atoms with E-state index in [2.05, 4.69) is 5.32 Å². The van der Waals surface area contributed by atoms with Crippen molar-refractivity contribution in [1.82, 2.24) is 20.0 Å². The average molecular weight is 509 g/mol. The lowest BCUT2D eigenvalue weighted by atomic mass is 9.95. The lowest BCUT2D eigenvalue weighted by molar-refractivity contribution is -0.128. The molecule has 1 atom stereocenters. The molecule has 1 N–H and O–H groups in total. The first-order chi connectivity index (χ1) is 17.8. The molecule has 0 aliphatic carbocycles. The number of ether oxygens (including phenoxy) is 2. The number of piperidine rings is 1. The van der Waals surface area contributed by atoms with Crippen LogP contribution in [0.2, 0.25) is 0 Å². The summed E-state index contributed by atoms with van der Waals surface area (Å²) >= 11 is 0. The van der Waals surface area contributed by atoms with Gasteiger partial charge >= 0.3 is 0 Å². The van der Waals surface area contributed by atoms with E-state index in [0.29, 0.717) is 55.9 Å². The molecule has 198 valence electrons. The fourth-order valence-corrected chi connectivity index (χ4v) is 5.03. The Morgan fingerprint density at radius 3 is 2.49 bits per heavy atom. The summed E-state index contributed by atoms with van der Waals surface area (Å²) in [6.45, 7) is 3.99. The summed E-state index contributed by atoms with van der Waals surface area (Å²) in [6, 6.07) is 13.7. The van der Waals surface area contributed by atoms with Crippen LogP contribution < -0.4 is 10.1 Å². The first-order valence-electron chi connectivity index (χ1n) is 12.6. The van der Waals surface area contributed by atoms with Crippen LogP contribution in [0.1, 0.15) is 39.1 Å². The Kier molecular flexibility index (Phi) is 8.14. The van der Waals surface area contributed by atoms with E-state index in [1.54, 1.807) is 47.2 Å². The number of hydrogen-bond acceptors (Lipinski definition) is 6. The number of likely N-dealkylation sites (tertiary alicyclic amines) is 1. The van der Waals surface area contributed by atoms with Crippen molar-refractivity contribution in [2.24, 2.45) is 0 Å². The molecule has 2 aliphatic heterocycles. The molecule has 0 radical (unpaired) electrons. The van der Waals surface area contributed by atoms with Crippen LogP contribution in [-0.4, -0.2) is 98.2 Å². The SMILES string of the molecule is COc1cccc(C(=O)N2CCC3(CC2)OC[C@H](C(=O)NCCN(C)C)N3C(=O)c2ccccc2C)c1. The van der Waals surface area contributed by atoms with Gasteiger partial charge < -0.3 is 24.6 Å². The summed E-state index contributed by atoms with van der Waals surface area (Å²) in [4.78, 5) is 45.7. The Morgan fingerprint density at radius 1 is 1.08 bits per heavy atom. The summed E-state index contributed by atoms with van der Waals surface area (Å²) < 4.78 is 11.5. The number of rotatable bonds is 7. The molecule has 2 heterocycles. The Hall–Kier alpha value is -3.43. The number of nitrogens with zero attached hydrogens (tertiary/aromatic N) is 3. The van der Waals surface area contributed by atoms with E-state index in [9.17, 15) is 14.4 Å². The average Bonchev–Trinajstić information content (AvgIpc) is 3.27. The first-order valence-corrected chi connectivity index (χ1v) is 12.6. The largest absolute Gasteiger partial charge is 0.497 e. The lowest BCUT2D eigenvalue weighted by Gasteiger charge is -2.44. The van der Waals surface area contributed by atoms with Crippen LogP contribution in [-0.2, 0) is 9.53 Å². The van der Waals surface area contributed by atoms with Gasteiger partial charge in [0, 0.05) is 50.1 Å². The van der Waals surface area contributed by atoms with Crippen molar-refractivity contribution in [3.05, 3.63) is 65.2 Å². The molecule has 1 spiro atoms. The monoisotopic (exact) mass is 508 g/mol. The maximum Gasteiger partial charge on any atom is 0.257 e. The predicted octanol–water partition coefficient (Wildman–Crippen LogP) is 2.15. The van der Waals surface area contributed by atoms with Crippen LogP contribution in [0.3, 0.4) is 0 Å². The molecule has 2 aromatic rings. The minimum atomic E-state index is -0.950. The molecule has 4 rings (SSSR count). The van der Waals surface area contributed by atoms with Gasteiger partial charge in [-0.2, -0.15) is 0 Å². The van der Waals surface area contributed by atoms with Gasteiger partial charge in [0.15, 0.2) is 0 Å². The number of carbonyl (C=O) groups excluding carboxylic acids is 3. The number of benzene rings is 2. The minimum absolute atomic E-state index is 0.0958. The van der Waals surface area contributed by atoms with Crippen LogP contribution in [0.5, 0.6) is 5.75 Å². The molecule has 2 aromatic carbocycles. The van der Waals surface area contributed by atoms with E-state index in [1.165, 1.54) is 0 Å². The lowest BCUT2D eigenvalue weighted by Crippen LogP contribution is -2.60. The Bertz CT molecular complexity index is 1140. The molecule has 0 aromatic heterocycles. The van der Waals surface area contributed by atoms with E-state index in [1.807, 2.05) is 44.1 Å². The van der Waals surface area contributed by atoms with Crippen molar-refractivity contribution >= 4 is 17.7 Å². The van der Waals surface area contributed by atoms with E-state index >= 15 is 0 Å². The van der Waals surface area contributed by atoms with Crippen molar-refractivity contribution in [2.75, 3.05) is 54.0 Å². The molecule has 2 aliphatic rings. The van der Waals surface area contributed by atoms with E-state index in [0.717, 1.165) is 5.56 Å². The van der Waals surface area contributed by atoms with Gasteiger partial charge in [-0.1, -0.05) is 24.3 Å². The maximum absolute atomic E-state index is 13.9. The van der Waals surface area contributed by atoms with Crippen molar-refractivity contribution in [2.45, 2.75) is 31.5 Å². The third kappa shape index (κ3) is 5.62. The van der Waals surface area contributed by atoms with E-state index in [-0.39, 0.29) is 24.3 Å². The number of amides is 3.